The van der Waals surface area contributed by atoms with E-state index in [9.17, 15) is 0 Å². The standard InChI is InChI=1S/C12H24N4O/c1-6-16-10(8-14-15-16)11(13-5)12(9(3)4)17-7-2/h8-9,11-13H,6-7H2,1-5H3. The highest BCUT2D eigenvalue weighted by Gasteiger charge is 2.28. The van der Waals surface area contributed by atoms with Crippen LogP contribution in [-0.4, -0.2) is 34.8 Å². The second kappa shape index (κ2) is 6.71. The van der Waals surface area contributed by atoms with Crippen LogP contribution in [0.25, 0.3) is 0 Å². The second-order valence-corrected chi connectivity index (χ2v) is 4.40. The maximum atomic E-state index is 5.85. The summed E-state index contributed by atoms with van der Waals surface area (Å²) < 4.78 is 7.76. The van der Waals surface area contributed by atoms with Crippen molar-refractivity contribution >= 4 is 0 Å². The van der Waals surface area contributed by atoms with Crippen LogP contribution in [0.3, 0.4) is 0 Å². The van der Waals surface area contributed by atoms with Gasteiger partial charge in [-0.15, -0.1) is 5.10 Å². The molecule has 0 aliphatic heterocycles. The van der Waals surface area contributed by atoms with E-state index in [1.165, 1.54) is 0 Å². The lowest BCUT2D eigenvalue weighted by Gasteiger charge is -2.29. The van der Waals surface area contributed by atoms with Crippen LogP contribution >= 0.6 is 0 Å². The molecule has 1 N–H and O–H groups in total. The van der Waals surface area contributed by atoms with Gasteiger partial charge in [0.2, 0.25) is 0 Å². The van der Waals surface area contributed by atoms with Crippen molar-refractivity contribution in [3.63, 3.8) is 0 Å². The number of likely N-dealkylation sites (N-methyl/N-ethyl adjacent to an activating group) is 1. The Morgan fingerprint density at radius 3 is 2.59 bits per heavy atom. The number of ether oxygens (including phenoxy) is 1. The van der Waals surface area contributed by atoms with Gasteiger partial charge in [0.05, 0.1) is 24.0 Å². The molecule has 2 atom stereocenters. The predicted molar refractivity (Wildman–Crippen MR) is 67.7 cm³/mol. The minimum absolute atomic E-state index is 0.130. The average molecular weight is 240 g/mol. The normalized spacial score (nSPS) is 15.2. The lowest BCUT2D eigenvalue weighted by Crippen LogP contribution is -2.37. The van der Waals surface area contributed by atoms with Crippen LogP contribution in [0.15, 0.2) is 6.20 Å². The lowest BCUT2D eigenvalue weighted by atomic mass is 9.97. The van der Waals surface area contributed by atoms with Gasteiger partial charge >= 0.3 is 0 Å². The molecule has 0 aliphatic rings. The summed E-state index contributed by atoms with van der Waals surface area (Å²) in [6.45, 7) is 9.97. The molecule has 1 aromatic heterocycles. The van der Waals surface area contributed by atoms with E-state index in [0.29, 0.717) is 12.5 Å². The van der Waals surface area contributed by atoms with Crippen molar-refractivity contribution in [2.75, 3.05) is 13.7 Å². The van der Waals surface area contributed by atoms with Crippen molar-refractivity contribution in [3.8, 4) is 0 Å². The van der Waals surface area contributed by atoms with Gasteiger partial charge in [-0.3, -0.25) is 0 Å². The quantitative estimate of drug-likeness (QED) is 0.787. The van der Waals surface area contributed by atoms with Gasteiger partial charge in [-0.1, -0.05) is 19.1 Å². The van der Waals surface area contributed by atoms with Gasteiger partial charge in [-0.2, -0.15) is 0 Å². The second-order valence-electron chi connectivity index (χ2n) is 4.40. The average Bonchev–Trinajstić information content (AvgIpc) is 2.77. The molecule has 0 bridgehead atoms. The Bertz CT molecular complexity index is 324. The Balaban J connectivity index is 2.95. The van der Waals surface area contributed by atoms with Crippen LogP contribution in [0.1, 0.15) is 39.4 Å². The molecule has 1 heterocycles. The first-order valence-electron chi connectivity index (χ1n) is 6.32. The van der Waals surface area contributed by atoms with Crippen LogP contribution in [0.2, 0.25) is 0 Å². The molecular weight excluding hydrogens is 216 g/mol. The third kappa shape index (κ3) is 3.26. The predicted octanol–water partition coefficient (Wildman–Crippen LogP) is 1.62. The number of hydrogen-bond donors (Lipinski definition) is 1. The molecular formula is C12H24N4O. The zero-order valence-corrected chi connectivity index (χ0v) is 11.5. The molecule has 0 amide bonds. The smallest absolute Gasteiger partial charge is 0.0808 e. The molecule has 0 spiro atoms. The van der Waals surface area contributed by atoms with Crippen LogP contribution in [0.4, 0.5) is 0 Å². The number of aryl methyl sites for hydroxylation is 1. The third-order valence-corrected chi connectivity index (χ3v) is 2.92. The third-order valence-electron chi connectivity index (χ3n) is 2.92. The zero-order chi connectivity index (χ0) is 12.8. The summed E-state index contributed by atoms with van der Waals surface area (Å²) in [6.07, 6.45) is 1.95. The number of rotatable bonds is 7. The highest BCUT2D eigenvalue weighted by molar-refractivity contribution is 5.05. The molecule has 98 valence electrons. The molecule has 0 saturated carbocycles. The Kier molecular flexibility index (Phi) is 5.58. The molecule has 2 unspecified atom stereocenters. The van der Waals surface area contributed by atoms with E-state index < -0.39 is 0 Å². The van der Waals surface area contributed by atoms with E-state index >= 15 is 0 Å². The molecule has 1 aromatic rings. The summed E-state index contributed by atoms with van der Waals surface area (Å²) in [5.74, 6) is 0.438. The van der Waals surface area contributed by atoms with Crippen LogP contribution in [0.5, 0.6) is 0 Å². The highest BCUT2D eigenvalue weighted by atomic mass is 16.5. The lowest BCUT2D eigenvalue weighted by molar-refractivity contribution is 0.00259. The first-order chi connectivity index (χ1) is 8.15. The minimum Gasteiger partial charge on any atom is -0.376 e. The van der Waals surface area contributed by atoms with Gasteiger partial charge in [0.25, 0.3) is 0 Å². The van der Waals surface area contributed by atoms with Crippen molar-refractivity contribution in [1.82, 2.24) is 20.3 Å². The van der Waals surface area contributed by atoms with Crippen molar-refractivity contribution in [1.29, 1.82) is 0 Å². The van der Waals surface area contributed by atoms with E-state index in [2.05, 4.69) is 36.4 Å². The monoisotopic (exact) mass is 240 g/mol. The zero-order valence-electron chi connectivity index (χ0n) is 11.5. The van der Waals surface area contributed by atoms with E-state index in [4.69, 9.17) is 4.74 Å². The molecule has 0 radical (unpaired) electrons. The first kappa shape index (κ1) is 14.1. The van der Waals surface area contributed by atoms with E-state index in [1.54, 1.807) is 0 Å². The first-order valence-corrected chi connectivity index (χ1v) is 6.32. The Hall–Kier alpha value is -0.940. The number of aromatic nitrogens is 3. The van der Waals surface area contributed by atoms with Crippen LogP contribution in [0, 0.1) is 5.92 Å². The fourth-order valence-corrected chi connectivity index (χ4v) is 2.10. The summed E-state index contributed by atoms with van der Waals surface area (Å²) in [5, 5.41) is 11.4. The van der Waals surface area contributed by atoms with Gasteiger partial charge in [0.1, 0.15) is 0 Å². The summed E-state index contributed by atoms with van der Waals surface area (Å²) in [4.78, 5) is 0. The molecule has 0 fully saturated rings. The minimum atomic E-state index is 0.130. The Labute approximate surface area is 104 Å². The summed E-state index contributed by atoms with van der Waals surface area (Å²) in [6, 6.07) is 0.130. The van der Waals surface area contributed by atoms with E-state index in [1.807, 2.05) is 24.9 Å². The van der Waals surface area contributed by atoms with Crippen molar-refractivity contribution in [2.24, 2.45) is 5.92 Å². The highest BCUT2D eigenvalue weighted by Crippen LogP contribution is 2.23. The largest absolute Gasteiger partial charge is 0.376 e. The van der Waals surface area contributed by atoms with Gasteiger partial charge in [0, 0.05) is 13.2 Å². The van der Waals surface area contributed by atoms with Crippen LogP contribution < -0.4 is 5.32 Å². The molecule has 17 heavy (non-hydrogen) atoms. The molecule has 5 nitrogen and oxygen atoms in total. The summed E-state index contributed by atoms with van der Waals surface area (Å²) >= 11 is 0. The molecule has 0 aromatic carbocycles. The topological polar surface area (TPSA) is 52.0 Å². The fourth-order valence-electron chi connectivity index (χ4n) is 2.10. The molecule has 1 rings (SSSR count). The van der Waals surface area contributed by atoms with Gasteiger partial charge in [-0.05, 0) is 26.8 Å². The van der Waals surface area contributed by atoms with Gasteiger partial charge < -0.3 is 10.1 Å². The number of nitrogens with zero attached hydrogens (tertiary/aromatic N) is 3. The van der Waals surface area contributed by atoms with Crippen molar-refractivity contribution < 1.29 is 4.74 Å². The van der Waals surface area contributed by atoms with Crippen molar-refractivity contribution in [3.05, 3.63) is 11.9 Å². The Morgan fingerprint density at radius 2 is 2.12 bits per heavy atom. The van der Waals surface area contributed by atoms with Crippen molar-refractivity contribution in [2.45, 2.75) is 46.4 Å². The number of hydrogen-bond acceptors (Lipinski definition) is 4. The molecule has 0 saturated heterocycles. The summed E-state index contributed by atoms with van der Waals surface area (Å²) in [7, 11) is 1.95. The van der Waals surface area contributed by atoms with E-state index in [0.717, 1.165) is 12.2 Å². The summed E-state index contributed by atoms with van der Waals surface area (Å²) in [5.41, 5.74) is 1.09. The molecule has 5 heteroatoms. The maximum absolute atomic E-state index is 5.85. The van der Waals surface area contributed by atoms with Gasteiger partial charge in [0.15, 0.2) is 0 Å². The Morgan fingerprint density at radius 1 is 1.41 bits per heavy atom. The van der Waals surface area contributed by atoms with Crippen LogP contribution in [-0.2, 0) is 11.3 Å². The SMILES string of the molecule is CCOC(C(C)C)C(NC)c1cnnn1CC. The fraction of sp³-hybridized carbons (Fsp3) is 0.833. The van der Waals surface area contributed by atoms with Gasteiger partial charge in [-0.25, -0.2) is 4.68 Å². The maximum Gasteiger partial charge on any atom is 0.0808 e. The number of nitrogens with one attached hydrogen (secondary N) is 1. The molecule has 0 aliphatic carbocycles. The van der Waals surface area contributed by atoms with E-state index in [-0.39, 0.29) is 12.1 Å².